The van der Waals surface area contributed by atoms with Crippen LogP contribution in [0, 0.1) is 5.82 Å². The quantitative estimate of drug-likeness (QED) is 0.708. The first-order chi connectivity index (χ1) is 10.3. The minimum atomic E-state index is -0.244. The number of nitrogens with zero attached hydrogens (tertiary/aromatic N) is 2. The molecule has 0 aliphatic rings. The summed E-state index contributed by atoms with van der Waals surface area (Å²) in [6, 6.07) is 10.1. The van der Waals surface area contributed by atoms with Crippen molar-refractivity contribution in [2.45, 2.75) is 13.1 Å². The molecule has 21 heavy (non-hydrogen) atoms. The molecule has 2 aromatic heterocycles. The second-order valence-corrected chi connectivity index (χ2v) is 4.75. The molecule has 1 N–H and O–H groups in total. The van der Waals surface area contributed by atoms with Gasteiger partial charge in [-0.2, -0.15) is 0 Å². The topological polar surface area (TPSA) is 43.0 Å². The first-order valence-corrected chi connectivity index (χ1v) is 6.82. The predicted molar refractivity (Wildman–Crippen MR) is 78.0 cm³/mol. The molecule has 2 heterocycles. The highest BCUT2D eigenvalue weighted by atomic mass is 19.1. The molecule has 0 saturated carbocycles. The van der Waals surface area contributed by atoms with E-state index in [0.717, 1.165) is 30.2 Å². The number of halogens is 1. The maximum Gasteiger partial charge on any atom is 0.134 e. The number of aromatic nitrogens is 2. The summed E-state index contributed by atoms with van der Waals surface area (Å²) in [6.45, 7) is 2.37. The van der Waals surface area contributed by atoms with Gasteiger partial charge in [0.25, 0.3) is 0 Å². The number of hydrogen-bond donors (Lipinski definition) is 1. The van der Waals surface area contributed by atoms with Crippen LogP contribution in [0.1, 0.15) is 5.76 Å². The molecular weight excluding hydrogens is 269 g/mol. The predicted octanol–water partition coefficient (Wildman–Crippen LogP) is 3.07. The van der Waals surface area contributed by atoms with Crippen molar-refractivity contribution in [1.29, 1.82) is 0 Å². The Morgan fingerprint density at radius 1 is 1.14 bits per heavy atom. The summed E-state index contributed by atoms with van der Waals surface area (Å²) in [6.07, 6.45) is 5.49. The van der Waals surface area contributed by atoms with Gasteiger partial charge in [0.2, 0.25) is 0 Å². The van der Waals surface area contributed by atoms with Gasteiger partial charge in [0, 0.05) is 31.0 Å². The van der Waals surface area contributed by atoms with E-state index in [4.69, 9.17) is 4.42 Å². The third-order valence-electron chi connectivity index (χ3n) is 3.20. The van der Waals surface area contributed by atoms with Crippen LogP contribution in [0.2, 0.25) is 0 Å². The van der Waals surface area contributed by atoms with Crippen LogP contribution in [-0.4, -0.2) is 16.1 Å². The van der Waals surface area contributed by atoms with E-state index in [1.54, 1.807) is 24.7 Å². The molecule has 0 fully saturated rings. The van der Waals surface area contributed by atoms with Crippen molar-refractivity contribution in [3.05, 3.63) is 66.7 Å². The van der Waals surface area contributed by atoms with Crippen LogP contribution in [0.25, 0.3) is 11.3 Å². The zero-order valence-corrected chi connectivity index (χ0v) is 11.5. The number of imidazole rings is 1. The van der Waals surface area contributed by atoms with Crippen LogP contribution >= 0.6 is 0 Å². The Labute approximate surface area is 122 Å². The number of nitrogens with one attached hydrogen (secondary N) is 1. The Kier molecular flexibility index (Phi) is 4.12. The average Bonchev–Trinajstić information content (AvgIpc) is 3.16. The number of rotatable bonds is 6. The molecule has 4 nitrogen and oxygen atoms in total. The molecule has 0 aliphatic carbocycles. The van der Waals surface area contributed by atoms with Crippen LogP contribution in [0.3, 0.4) is 0 Å². The molecule has 3 aromatic rings. The lowest BCUT2D eigenvalue weighted by Gasteiger charge is -2.03. The van der Waals surface area contributed by atoms with Gasteiger partial charge in [-0.3, -0.25) is 0 Å². The Hall–Kier alpha value is -2.40. The molecule has 1 aromatic carbocycles. The summed E-state index contributed by atoms with van der Waals surface area (Å²) in [5, 5.41) is 3.31. The SMILES string of the molecule is Fc1ccc(-c2ccc(CNCCn3ccnc3)o2)cc1. The standard InChI is InChI=1S/C16H16FN3O/c17-14-3-1-13(2-4-14)16-6-5-15(21-16)11-18-7-9-20-10-8-19-12-20/h1-6,8,10,12,18H,7,9,11H2. The number of benzene rings is 1. The van der Waals surface area contributed by atoms with Crippen LogP contribution < -0.4 is 5.32 Å². The van der Waals surface area contributed by atoms with Gasteiger partial charge in [0.1, 0.15) is 17.3 Å². The van der Waals surface area contributed by atoms with E-state index in [9.17, 15) is 4.39 Å². The van der Waals surface area contributed by atoms with Crippen LogP contribution in [0.5, 0.6) is 0 Å². The van der Waals surface area contributed by atoms with E-state index in [0.29, 0.717) is 6.54 Å². The minimum absolute atomic E-state index is 0.244. The summed E-state index contributed by atoms with van der Waals surface area (Å²) in [5.74, 6) is 1.37. The molecule has 108 valence electrons. The lowest BCUT2D eigenvalue weighted by atomic mass is 10.2. The van der Waals surface area contributed by atoms with Gasteiger partial charge in [-0.1, -0.05) is 0 Å². The molecule has 0 radical (unpaired) electrons. The molecular formula is C16H16FN3O. The second kappa shape index (κ2) is 6.37. The van der Waals surface area contributed by atoms with Crippen molar-refractivity contribution in [2.24, 2.45) is 0 Å². The molecule has 0 unspecified atom stereocenters. The maximum absolute atomic E-state index is 12.9. The molecule has 5 heteroatoms. The molecule has 0 amide bonds. The van der Waals surface area contributed by atoms with E-state index in [2.05, 4.69) is 10.3 Å². The van der Waals surface area contributed by atoms with Crippen molar-refractivity contribution < 1.29 is 8.81 Å². The monoisotopic (exact) mass is 285 g/mol. The fraction of sp³-hybridized carbons (Fsp3) is 0.188. The molecule has 0 aliphatic heterocycles. The molecule has 0 bridgehead atoms. The highest BCUT2D eigenvalue weighted by Crippen LogP contribution is 2.22. The van der Waals surface area contributed by atoms with Gasteiger partial charge >= 0.3 is 0 Å². The highest BCUT2D eigenvalue weighted by molar-refractivity contribution is 5.57. The second-order valence-electron chi connectivity index (χ2n) is 4.75. The van der Waals surface area contributed by atoms with Crippen molar-refractivity contribution in [2.75, 3.05) is 6.54 Å². The Bertz CT molecular complexity index is 674. The minimum Gasteiger partial charge on any atom is -0.460 e. The summed E-state index contributed by atoms with van der Waals surface area (Å²) < 4.78 is 20.6. The fourth-order valence-corrected chi connectivity index (χ4v) is 2.08. The fourth-order valence-electron chi connectivity index (χ4n) is 2.08. The van der Waals surface area contributed by atoms with Gasteiger partial charge < -0.3 is 14.3 Å². The average molecular weight is 285 g/mol. The third kappa shape index (κ3) is 3.58. The largest absolute Gasteiger partial charge is 0.460 e. The maximum atomic E-state index is 12.9. The van der Waals surface area contributed by atoms with Gasteiger partial charge in [0.05, 0.1) is 12.9 Å². The highest BCUT2D eigenvalue weighted by Gasteiger charge is 2.04. The third-order valence-corrected chi connectivity index (χ3v) is 3.20. The summed E-state index contributed by atoms with van der Waals surface area (Å²) >= 11 is 0. The summed E-state index contributed by atoms with van der Waals surface area (Å²) in [7, 11) is 0. The number of furan rings is 1. The van der Waals surface area contributed by atoms with Gasteiger partial charge in [-0.05, 0) is 36.4 Å². The Morgan fingerprint density at radius 3 is 2.76 bits per heavy atom. The lowest BCUT2D eigenvalue weighted by Crippen LogP contribution is -2.18. The molecule has 0 saturated heterocycles. The normalized spacial score (nSPS) is 10.9. The van der Waals surface area contributed by atoms with E-state index >= 15 is 0 Å². The Morgan fingerprint density at radius 2 is 2.00 bits per heavy atom. The zero-order valence-electron chi connectivity index (χ0n) is 11.5. The van der Waals surface area contributed by atoms with Crippen molar-refractivity contribution in [3.8, 4) is 11.3 Å². The first-order valence-electron chi connectivity index (χ1n) is 6.82. The zero-order chi connectivity index (χ0) is 14.5. The van der Waals surface area contributed by atoms with Crippen LogP contribution in [0.4, 0.5) is 4.39 Å². The van der Waals surface area contributed by atoms with Crippen molar-refractivity contribution in [3.63, 3.8) is 0 Å². The van der Waals surface area contributed by atoms with Gasteiger partial charge in [-0.25, -0.2) is 9.37 Å². The molecule has 0 atom stereocenters. The molecule has 0 spiro atoms. The lowest BCUT2D eigenvalue weighted by molar-refractivity contribution is 0.485. The Balaban J connectivity index is 1.52. The van der Waals surface area contributed by atoms with E-state index in [-0.39, 0.29) is 5.82 Å². The van der Waals surface area contributed by atoms with Crippen molar-refractivity contribution >= 4 is 0 Å². The first kappa shape index (κ1) is 13.6. The van der Waals surface area contributed by atoms with E-state index in [1.807, 2.05) is 22.9 Å². The molecule has 3 rings (SSSR count). The smallest absolute Gasteiger partial charge is 0.134 e. The van der Waals surface area contributed by atoms with Crippen molar-refractivity contribution in [1.82, 2.24) is 14.9 Å². The van der Waals surface area contributed by atoms with Gasteiger partial charge in [-0.15, -0.1) is 0 Å². The number of hydrogen-bond acceptors (Lipinski definition) is 3. The van der Waals surface area contributed by atoms with Gasteiger partial charge in [0.15, 0.2) is 0 Å². The summed E-state index contributed by atoms with van der Waals surface area (Å²) in [5.41, 5.74) is 0.876. The van der Waals surface area contributed by atoms with E-state index in [1.165, 1.54) is 12.1 Å². The van der Waals surface area contributed by atoms with E-state index < -0.39 is 0 Å². The van der Waals surface area contributed by atoms with Crippen LogP contribution in [-0.2, 0) is 13.1 Å². The van der Waals surface area contributed by atoms with Crippen LogP contribution in [0.15, 0.2) is 59.5 Å². The summed E-state index contributed by atoms with van der Waals surface area (Å²) in [4.78, 5) is 3.99.